The number of hydrogen-bond acceptors (Lipinski definition) is 3. The van der Waals surface area contributed by atoms with Gasteiger partial charge in [-0.15, -0.1) is 0 Å². The SMILES string of the molecule is CCc1ccccc1NC(=O)/C=C(\C)c1cc2c(C)coc2cc1OC. The molecule has 3 rings (SSSR count). The lowest BCUT2D eigenvalue weighted by atomic mass is 10.0. The lowest BCUT2D eigenvalue weighted by Gasteiger charge is -2.11. The minimum Gasteiger partial charge on any atom is -0.496 e. The number of para-hydroxylation sites is 1. The average Bonchev–Trinajstić information content (AvgIpc) is 3.01. The second-order valence-corrected chi connectivity index (χ2v) is 6.29. The van der Waals surface area contributed by atoms with E-state index in [0.717, 1.165) is 45.3 Å². The van der Waals surface area contributed by atoms with E-state index in [1.54, 1.807) is 19.4 Å². The van der Waals surface area contributed by atoms with Gasteiger partial charge in [0.2, 0.25) is 5.91 Å². The first-order valence-electron chi connectivity index (χ1n) is 8.67. The Morgan fingerprint density at radius 2 is 2.04 bits per heavy atom. The Morgan fingerprint density at radius 3 is 2.77 bits per heavy atom. The third kappa shape index (κ3) is 3.49. The van der Waals surface area contributed by atoms with Gasteiger partial charge in [-0.05, 0) is 49.1 Å². The molecule has 0 bridgehead atoms. The van der Waals surface area contributed by atoms with Crippen LogP contribution in [0.25, 0.3) is 16.5 Å². The number of nitrogens with one attached hydrogen (secondary N) is 1. The Bertz CT molecular complexity index is 982. The molecule has 134 valence electrons. The van der Waals surface area contributed by atoms with Gasteiger partial charge in [0, 0.05) is 28.8 Å². The number of furan rings is 1. The number of carbonyl (C=O) groups excluding carboxylic acids is 1. The number of rotatable bonds is 5. The Morgan fingerprint density at radius 1 is 1.27 bits per heavy atom. The van der Waals surface area contributed by atoms with Gasteiger partial charge in [-0.2, -0.15) is 0 Å². The van der Waals surface area contributed by atoms with Crippen LogP contribution in [0.4, 0.5) is 5.69 Å². The van der Waals surface area contributed by atoms with Crippen molar-refractivity contribution in [2.24, 2.45) is 0 Å². The molecule has 0 fully saturated rings. The molecule has 0 spiro atoms. The molecular weight excluding hydrogens is 326 g/mol. The van der Waals surface area contributed by atoms with E-state index in [1.165, 1.54) is 0 Å². The number of hydrogen-bond donors (Lipinski definition) is 1. The third-order valence-electron chi connectivity index (χ3n) is 4.52. The molecule has 4 nitrogen and oxygen atoms in total. The van der Waals surface area contributed by atoms with Gasteiger partial charge in [0.1, 0.15) is 11.3 Å². The van der Waals surface area contributed by atoms with Crippen molar-refractivity contribution in [1.29, 1.82) is 0 Å². The van der Waals surface area contributed by atoms with Crippen LogP contribution in [0.2, 0.25) is 0 Å². The smallest absolute Gasteiger partial charge is 0.248 e. The van der Waals surface area contributed by atoms with Crippen LogP contribution in [-0.2, 0) is 11.2 Å². The summed E-state index contributed by atoms with van der Waals surface area (Å²) < 4.78 is 11.0. The second-order valence-electron chi connectivity index (χ2n) is 6.29. The van der Waals surface area contributed by atoms with Crippen molar-refractivity contribution < 1.29 is 13.9 Å². The van der Waals surface area contributed by atoms with E-state index < -0.39 is 0 Å². The lowest BCUT2D eigenvalue weighted by molar-refractivity contribution is -0.111. The highest BCUT2D eigenvalue weighted by atomic mass is 16.5. The molecule has 3 aromatic rings. The molecule has 26 heavy (non-hydrogen) atoms. The highest BCUT2D eigenvalue weighted by Gasteiger charge is 2.12. The van der Waals surface area contributed by atoms with Gasteiger partial charge < -0.3 is 14.5 Å². The molecule has 0 atom stereocenters. The molecule has 0 saturated carbocycles. The van der Waals surface area contributed by atoms with E-state index in [-0.39, 0.29) is 5.91 Å². The molecule has 0 radical (unpaired) electrons. The number of anilines is 1. The Labute approximate surface area is 153 Å². The summed E-state index contributed by atoms with van der Waals surface area (Å²) in [6.07, 6.45) is 4.19. The third-order valence-corrected chi connectivity index (χ3v) is 4.52. The van der Waals surface area contributed by atoms with Gasteiger partial charge in [0.25, 0.3) is 0 Å². The van der Waals surface area contributed by atoms with Gasteiger partial charge in [0.05, 0.1) is 13.4 Å². The number of amides is 1. The maximum absolute atomic E-state index is 12.5. The first kappa shape index (κ1) is 17.8. The molecule has 4 heteroatoms. The number of allylic oxidation sites excluding steroid dienone is 1. The van der Waals surface area contributed by atoms with Crippen molar-refractivity contribution in [1.82, 2.24) is 0 Å². The van der Waals surface area contributed by atoms with Crippen LogP contribution in [0.1, 0.15) is 30.5 Å². The summed E-state index contributed by atoms with van der Waals surface area (Å²) >= 11 is 0. The van der Waals surface area contributed by atoms with Crippen LogP contribution >= 0.6 is 0 Å². The Balaban J connectivity index is 1.92. The van der Waals surface area contributed by atoms with Crippen LogP contribution in [0.3, 0.4) is 0 Å². The van der Waals surface area contributed by atoms with E-state index in [9.17, 15) is 4.79 Å². The fraction of sp³-hybridized carbons (Fsp3) is 0.227. The molecule has 0 saturated heterocycles. The van der Waals surface area contributed by atoms with Gasteiger partial charge in [-0.25, -0.2) is 0 Å². The van der Waals surface area contributed by atoms with Crippen molar-refractivity contribution in [2.75, 3.05) is 12.4 Å². The molecule has 1 heterocycles. The molecule has 1 aromatic heterocycles. The molecule has 1 amide bonds. The fourth-order valence-electron chi connectivity index (χ4n) is 3.05. The van der Waals surface area contributed by atoms with E-state index in [1.807, 2.05) is 50.2 Å². The molecule has 0 aliphatic rings. The minimum absolute atomic E-state index is 0.158. The predicted molar refractivity (Wildman–Crippen MR) is 106 cm³/mol. The van der Waals surface area contributed by atoms with Crippen molar-refractivity contribution in [3.8, 4) is 5.75 Å². The minimum atomic E-state index is -0.158. The van der Waals surface area contributed by atoms with E-state index >= 15 is 0 Å². The number of ether oxygens (including phenoxy) is 1. The summed E-state index contributed by atoms with van der Waals surface area (Å²) in [6, 6.07) is 11.7. The fourth-order valence-corrected chi connectivity index (χ4v) is 3.05. The van der Waals surface area contributed by atoms with Crippen LogP contribution in [0.5, 0.6) is 5.75 Å². The lowest BCUT2D eigenvalue weighted by Crippen LogP contribution is -2.10. The van der Waals surface area contributed by atoms with E-state index in [4.69, 9.17) is 9.15 Å². The molecule has 0 aliphatic heterocycles. The number of fused-ring (bicyclic) bond motifs is 1. The molecule has 0 aliphatic carbocycles. The van der Waals surface area contributed by atoms with Crippen molar-refractivity contribution in [3.05, 3.63) is 65.4 Å². The van der Waals surface area contributed by atoms with Crippen LogP contribution in [0.15, 0.2) is 53.2 Å². The van der Waals surface area contributed by atoms with Crippen LogP contribution in [0, 0.1) is 6.92 Å². The maximum atomic E-state index is 12.5. The Hall–Kier alpha value is -3.01. The van der Waals surface area contributed by atoms with E-state index in [2.05, 4.69) is 12.2 Å². The zero-order chi connectivity index (χ0) is 18.7. The van der Waals surface area contributed by atoms with Gasteiger partial charge in [0.15, 0.2) is 0 Å². The number of methoxy groups -OCH3 is 1. The normalized spacial score (nSPS) is 11.6. The standard InChI is InChI=1S/C22H23NO3/c1-5-16-8-6-7-9-19(16)23-22(24)10-14(2)17-11-18-15(3)13-26-21(18)12-20(17)25-4/h6-13H,5H2,1-4H3,(H,23,24)/b14-10+. The molecule has 0 unspecified atom stereocenters. The molecule has 2 aromatic carbocycles. The van der Waals surface area contributed by atoms with Crippen molar-refractivity contribution in [2.45, 2.75) is 27.2 Å². The monoisotopic (exact) mass is 349 g/mol. The largest absolute Gasteiger partial charge is 0.496 e. The highest BCUT2D eigenvalue weighted by Crippen LogP contribution is 2.33. The second kappa shape index (κ2) is 7.48. The van der Waals surface area contributed by atoms with Crippen LogP contribution in [-0.4, -0.2) is 13.0 Å². The summed E-state index contributed by atoms with van der Waals surface area (Å²) in [5, 5.41) is 3.99. The summed E-state index contributed by atoms with van der Waals surface area (Å²) in [7, 11) is 1.62. The topological polar surface area (TPSA) is 51.5 Å². The summed E-state index contributed by atoms with van der Waals surface area (Å²) in [5.74, 6) is 0.525. The maximum Gasteiger partial charge on any atom is 0.248 e. The number of carbonyl (C=O) groups is 1. The number of aryl methyl sites for hydroxylation is 2. The summed E-state index contributed by atoms with van der Waals surface area (Å²) in [5.41, 5.74) is 5.49. The van der Waals surface area contributed by atoms with Gasteiger partial charge in [-0.1, -0.05) is 25.1 Å². The molecular formula is C22H23NO3. The summed E-state index contributed by atoms with van der Waals surface area (Å²) in [6.45, 7) is 5.97. The first-order chi connectivity index (χ1) is 12.5. The van der Waals surface area contributed by atoms with E-state index in [0.29, 0.717) is 5.75 Å². The van der Waals surface area contributed by atoms with Crippen molar-refractivity contribution >= 4 is 28.1 Å². The quantitative estimate of drug-likeness (QED) is 0.631. The first-order valence-corrected chi connectivity index (χ1v) is 8.67. The van der Waals surface area contributed by atoms with Gasteiger partial charge >= 0.3 is 0 Å². The van der Waals surface area contributed by atoms with Gasteiger partial charge in [-0.3, -0.25) is 4.79 Å². The number of benzene rings is 2. The highest BCUT2D eigenvalue weighted by molar-refractivity contribution is 6.05. The zero-order valence-corrected chi connectivity index (χ0v) is 15.6. The predicted octanol–water partition coefficient (Wildman–Crippen LogP) is 5.35. The summed E-state index contributed by atoms with van der Waals surface area (Å²) in [4.78, 5) is 12.5. The Kier molecular flexibility index (Phi) is 5.12. The average molecular weight is 349 g/mol. The van der Waals surface area contributed by atoms with Crippen molar-refractivity contribution in [3.63, 3.8) is 0 Å². The van der Waals surface area contributed by atoms with Crippen LogP contribution < -0.4 is 10.1 Å². The molecule has 1 N–H and O–H groups in total. The zero-order valence-electron chi connectivity index (χ0n) is 15.6.